The molecule has 3 rings (SSSR count). The van der Waals surface area contributed by atoms with Crippen molar-refractivity contribution in [3.63, 3.8) is 0 Å². The van der Waals surface area contributed by atoms with Crippen LogP contribution in [0, 0.1) is 5.92 Å². The van der Waals surface area contributed by atoms with Crippen LogP contribution < -0.4 is 10.6 Å². The molecule has 1 aliphatic rings. The Hall–Kier alpha value is -1.72. The zero-order valence-electron chi connectivity index (χ0n) is 13.6. The first-order chi connectivity index (χ1) is 11.1. The Morgan fingerprint density at radius 3 is 2.91 bits per heavy atom. The van der Waals surface area contributed by atoms with Gasteiger partial charge < -0.3 is 10.6 Å². The van der Waals surface area contributed by atoms with E-state index in [4.69, 9.17) is 0 Å². The summed E-state index contributed by atoms with van der Waals surface area (Å²) >= 11 is 1.60. The summed E-state index contributed by atoms with van der Waals surface area (Å²) in [5.74, 6) is 0.268. The highest BCUT2D eigenvalue weighted by atomic mass is 32.1. The number of nitrogens with zero attached hydrogens (tertiary/aromatic N) is 1. The standard InChI is InChI=1S/C18H23N3OS/c1-12-10-15(8-9-19-12)17(22)20-13(2)18-21-16(11-23-18)14-6-4-3-5-7-14/h3-7,11-13,15,19H,8-10H2,1-2H3,(H,20,22)/t12-,13?,15-/m0/s1. The monoisotopic (exact) mass is 329 g/mol. The summed E-state index contributed by atoms with van der Waals surface area (Å²) < 4.78 is 0. The SMILES string of the molecule is CC(NC(=O)[C@H]1CCN[C@@H](C)C1)c1nc(-c2ccccc2)cs1. The van der Waals surface area contributed by atoms with Crippen LogP contribution in [0.5, 0.6) is 0 Å². The highest BCUT2D eigenvalue weighted by molar-refractivity contribution is 7.10. The number of thiazole rings is 1. The minimum absolute atomic E-state index is 0.0462. The molecule has 1 aromatic heterocycles. The Morgan fingerprint density at radius 1 is 1.39 bits per heavy atom. The van der Waals surface area contributed by atoms with Gasteiger partial charge >= 0.3 is 0 Å². The first kappa shape index (κ1) is 16.1. The molecule has 1 aromatic carbocycles. The number of amides is 1. The normalized spacial score (nSPS) is 22.5. The van der Waals surface area contributed by atoms with Crippen LogP contribution >= 0.6 is 11.3 Å². The fraction of sp³-hybridized carbons (Fsp3) is 0.444. The summed E-state index contributed by atoms with van der Waals surface area (Å²) in [5, 5.41) is 9.53. The number of piperidine rings is 1. The molecule has 1 fully saturated rings. The largest absolute Gasteiger partial charge is 0.347 e. The van der Waals surface area contributed by atoms with Crippen molar-refractivity contribution in [3.8, 4) is 11.3 Å². The number of carbonyl (C=O) groups excluding carboxylic acids is 1. The van der Waals surface area contributed by atoms with Crippen LogP contribution in [0.25, 0.3) is 11.3 Å². The van der Waals surface area contributed by atoms with Crippen molar-refractivity contribution in [1.29, 1.82) is 0 Å². The average Bonchev–Trinajstić information content (AvgIpc) is 3.06. The molecule has 2 aromatic rings. The van der Waals surface area contributed by atoms with Crippen molar-refractivity contribution in [2.75, 3.05) is 6.54 Å². The fourth-order valence-electron chi connectivity index (χ4n) is 2.99. The second-order valence-electron chi connectivity index (χ2n) is 6.24. The minimum atomic E-state index is -0.0462. The summed E-state index contributed by atoms with van der Waals surface area (Å²) in [6.45, 7) is 5.06. The first-order valence-electron chi connectivity index (χ1n) is 8.18. The van der Waals surface area contributed by atoms with E-state index in [1.54, 1.807) is 11.3 Å². The molecular weight excluding hydrogens is 306 g/mol. The lowest BCUT2D eigenvalue weighted by Crippen LogP contribution is -2.42. The van der Waals surface area contributed by atoms with Crippen molar-refractivity contribution in [2.45, 2.75) is 38.8 Å². The van der Waals surface area contributed by atoms with Crippen LogP contribution in [0.3, 0.4) is 0 Å². The number of hydrogen-bond donors (Lipinski definition) is 2. The smallest absolute Gasteiger partial charge is 0.223 e. The van der Waals surface area contributed by atoms with Gasteiger partial charge in [-0.25, -0.2) is 4.98 Å². The molecule has 0 radical (unpaired) electrons. The van der Waals surface area contributed by atoms with Crippen molar-refractivity contribution in [3.05, 3.63) is 40.7 Å². The zero-order valence-corrected chi connectivity index (χ0v) is 14.4. The lowest BCUT2D eigenvalue weighted by Gasteiger charge is -2.28. The van der Waals surface area contributed by atoms with Gasteiger partial charge in [0, 0.05) is 22.9 Å². The number of aromatic nitrogens is 1. The van der Waals surface area contributed by atoms with E-state index in [2.05, 4.69) is 40.1 Å². The third kappa shape index (κ3) is 3.98. The molecule has 1 saturated heterocycles. The number of hydrogen-bond acceptors (Lipinski definition) is 4. The predicted octanol–water partition coefficient (Wildman–Crippen LogP) is 3.38. The van der Waals surface area contributed by atoms with Crippen molar-refractivity contribution in [1.82, 2.24) is 15.6 Å². The summed E-state index contributed by atoms with van der Waals surface area (Å²) in [7, 11) is 0. The van der Waals surface area contributed by atoms with Crippen LogP contribution in [0.1, 0.15) is 37.7 Å². The zero-order chi connectivity index (χ0) is 16.2. The number of nitrogens with one attached hydrogen (secondary N) is 2. The quantitative estimate of drug-likeness (QED) is 0.904. The first-order valence-corrected chi connectivity index (χ1v) is 9.06. The van der Waals surface area contributed by atoms with Crippen molar-refractivity contribution >= 4 is 17.2 Å². The lowest BCUT2D eigenvalue weighted by atomic mass is 9.92. The molecule has 1 unspecified atom stereocenters. The van der Waals surface area contributed by atoms with E-state index in [9.17, 15) is 4.79 Å². The highest BCUT2D eigenvalue weighted by Gasteiger charge is 2.26. The molecule has 122 valence electrons. The molecule has 0 bridgehead atoms. The van der Waals surface area contributed by atoms with Crippen LogP contribution in [-0.4, -0.2) is 23.5 Å². The van der Waals surface area contributed by atoms with Crippen LogP contribution in [0.4, 0.5) is 0 Å². The van der Waals surface area contributed by atoms with Crippen LogP contribution in [-0.2, 0) is 4.79 Å². The highest BCUT2D eigenvalue weighted by Crippen LogP contribution is 2.26. The Labute approximate surface area is 141 Å². The molecular formula is C18H23N3OS. The van der Waals surface area contributed by atoms with E-state index in [-0.39, 0.29) is 17.9 Å². The lowest BCUT2D eigenvalue weighted by molar-refractivity contribution is -0.126. The van der Waals surface area contributed by atoms with Crippen LogP contribution in [0.2, 0.25) is 0 Å². The van der Waals surface area contributed by atoms with E-state index in [1.807, 2.05) is 25.1 Å². The van der Waals surface area contributed by atoms with E-state index >= 15 is 0 Å². The molecule has 1 aliphatic heterocycles. The Balaban J connectivity index is 1.63. The molecule has 3 atom stereocenters. The van der Waals surface area contributed by atoms with Gasteiger partial charge in [0.2, 0.25) is 5.91 Å². The molecule has 4 nitrogen and oxygen atoms in total. The van der Waals surface area contributed by atoms with E-state index < -0.39 is 0 Å². The topological polar surface area (TPSA) is 54.0 Å². The second-order valence-corrected chi connectivity index (χ2v) is 7.13. The number of carbonyl (C=O) groups is 1. The molecule has 2 heterocycles. The van der Waals surface area contributed by atoms with Crippen molar-refractivity contribution in [2.24, 2.45) is 5.92 Å². The van der Waals surface area contributed by atoms with Gasteiger partial charge in [-0.3, -0.25) is 4.79 Å². The summed E-state index contributed by atoms with van der Waals surface area (Å²) in [4.78, 5) is 17.1. The Morgan fingerprint density at radius 2 is 2.17 bits per heavy atom. The number of benzene rings is 1. The second kappa shape index (κ2) is 7.23. The van der Waals surface area contributed by atoms with Gasteiger partial charge in [0.15, 0.2) is 0 Å². The molecule has 2 N–H and O–H groups in total. The van der Waals surface area contributed by atoms with Gasteiger partial charge in [-0.1, -0.05) is 30.3 Å². The van der Waals surface area contributed by atoms with E-state index in [0.29, 0.717) is 6.04 Å². The van der Waals surface area contributed by atoms with E-state index in [0.717, 1.165) is 35.7 Å². The third-order valence-corrected chi connectivity index (χ3v) is 5.34. The van der Waals surface area contributed by atoms with Gasteiger partial charge in [-0.15, -0.1) is 11.3 Å². The molecule has 0 spiro atoms. The van der Waals surface area contributed by atoms with Gasteiger partial charge in [0.25, 0.3) is 0 Å². The predicted molar refractivity (Wildman–Crippen MR) is 94.3 cm³/mol. The van der Waals surface area contributed by atoms with Gasteiger partial charge in [0.05, 0.1) is 11.7 Å². The molecule has 0 aliphatic carbocycles. The molecule has 1 amide bonds. The maximum Gasteiger partial charge on any atom is 0.223 e. The Kier molecular flexibility index (Phi) is 5.08. The van der Waals surface area contributed by atoms with E-state index in [1.165, 1.54) is 0 Å². The van der Waals surface area contributed by atoms with Gasteiger partial charge in [0.1, 0.15) is 5.01 Å². The summed E-state index contributed by atoms with van der Waals surface area (Å²) in [6.07, 6.45) is 1.82. The maximum atomic E-state index is 12.4. The summed E-state index contributed by atoms with van der Waals surface area (Å²) in [5.41, 5.74) is 2.09. The fourth-order valence-corrected chi connectivity index (χ4v) is 3.83. The molecule has 5 heteroatoms. The van der Waals surface area contributed by atoms with Crippen LogP contribution in [0.15, 0.2) is 35.7 Å². The average molecular weight is 329 g/mol. The minimum Gasteiger partial charge on any atom is -0.347 e. The molecule has 23 heavy (non-hydrogen) atoms. The molecule has 0 saturated carbocycles. The Bertz CT molecular complexity index is 655. The maximum absolute atomic E-state index is 12.4. The summed E-state index contributed by atoms with van der Waals surface area (Å²) in [6, 6.07) is 10.5. The number of rotatable bonds is 4. The van der Waals surface area contributed by atoms with Crippen molar-refractivity contribution < 1.29 is 4.79 Å². The van der Waals surface area contributed by atoms with Gasteiger partial charge in [-0.05, 0) is 33.2 Å². The van der Waals surface area contributed by atoms with Gasteiger partial charge in [-0.2, -0.15) is 0 Å². The third-order valence-electron chi connectivity index (χ3n) is 4.32.